The molecule has 0 aliphatic carbocycles. The molecular weight excluding hydrogens is 166 g/mol. The third-order valence-corrected chi connectivity index (χ3v) is 1.95. The third kappa shape index (κ3) is 6.58. The smallest absolute Gasteiger partial charge is 0.307 e. The Morgan fingerprint density at radius 3 is 2.54 bits per heavy atom. The predicted molar refractivity (Wildman–Crippen MR) is 53.4 cm³/mol. The lowest BCUT2D eigenvalue weighted by Crippen LogP contribution is -2.38. The average Bonchev–Trinajstić information content (AvgIpc) is 2.00. The van der Waals surface area contributed by atoms with Gasteiger partial charge in [-0.2, -0.15) is 0 Å². The number of nitrogens with two attached hydrogens (primary N) is 1. The summed E-state index contributed by atoms with van der Waals surface area (Å²) in [6.45, 7) is 6.25. The molecular formula is C10H21NO2. The van der Waals surface area contributed by atoms with Crippen molar-refractivity contribution in [2.75, 3.05) is 6.61 Å². The monoisotopic (exact) mass is 187 g/mol. The minimum atomic E-state index is -0.401. The summed E-state index contributed by atoms with van der Waals surface area (Å²) in [5, 5.41) is 0. The van der Waals surface area contributed by atoms with Crippen LogP contribution in [0.2, 0.25) is 0 Å². The molecule has 0 aromatic carbocycles. The van der Waals surface area contributed by atoms with Gasteiger partial charge >= 0.3 is 5.97 Å². The van der Waals surface area contributed by atoms with Gasteiger partial charge in [-0.3, -0.25) is 4.79 Å². The first-order valence-corrected chi connectivity index (χ1v) is 4.96. The molecule has 0 radical (unpaired) electrons. The van der Waals surface area contributed by atoms with Crippen LogP contribution in [-0.2, 0) is 9.53 Å². The van der Waals surface area contributed by atoms with E-state index in [-0.39, 0.29) is 5.97 Å². The fourth-order valence-electron chi connectivity index (χ4n) is 1.21. The van der Waals surface area contributed by atoms with Crippen molar-refractivity contribution in [3.05, 3.63) is 0 Å². The molecule has 0 saturated carbocycles. The molecule has 0 bridgehead atoms. The van der Waals surface area contributed by atoms with Crippen molar-refractivity contribution >= 4 is 5.97 Å². The van der Waals surface area contributed by atoms with E-state index in [4.69, 9.17) is 10.5 Å². The van der Waals surface area contributed by atoms with Crippen LogP contribution in [0.1, 0.15) is 46.5 Å². The lowest BCUT2D eigenvalue weighted by Gasteiger charge is -2.22. The van der Waals surface area contributed by atoms with E-state index in [1.54, 1.807) is 6.92 Å². The zero-order chi connectivity index (χ0) is 10.3. The second-order valence-corrected chi connectivity index (χ2v) is 3.74. The minimum Gasteiger partial charge on any atom is -0.466 e. The second kappa shape index (κ2) is 5.97. The highest BCUT2D eigenvalue weighted by molar-refractivity contribution is 5.70. The van der Waals surface area contributed by atoms with Gasteiger partial charge < -0.3 is 10.5 Å². The highest BCUT2D eigenvalue weighted by atomic mass is 16.5. The van der Waals surface area contributed by atoms with E-state index in [0.29, 0.717) is 13.0 Å². The first kappa shape index (κ1) is 12.4. The summed E-state index contributed by atoms with van der Waals surface area (Å²) in [5.41, 5.74) is 5.53. The van der Waals surface area contributed by atoms with Gasteiger partial charge in [0.25, 0.3) is 0 Å². The molecule has 0 spiro atoms. The number of carbonyl (C=O) groups excluding carboxylic acids is 1. The molecule has 1 unspecified atom stereocenters. The molecule has 0 fully saturated rings. The first-order chi connectivity index (χ1) is 6.02. The molecule has 0 aliphatic rings. The summed E-state index contributed by atoms with van der Waals surface area (Å²) in [6, 6.07) is 0. The fourth-order valence-corrected chi connectivity index (χ4v) is 1.21. The van der Waals surface area contributed by atoms with E-state index in [2.05, 4.69) is 6.92 Å². The Bertz CT molecular complexity index is 155. The van der Waals surface area contributed by atoms with Gasteiger partial charge in [0.2, 0.25) is 0 Å². The number of ether oxygens (including phenoxy) is 1. The van der Waals surface area contributed by atoms with E-state index in [1.807, 2.05) is 6.92 Å². The van der Waals surface area contributed by atoms with Gasteiger partial charge in [0.05, 0.1) is 13.0 Å². The topological polar surface area (TPSA) is 52.3 Å². The van der Waals surface area contributed by atoms with Gasteiger partial charge in [-0.15, -0.1) is 0 Å². The Hall–Kier alpha value is -0.570. The molecule has 13 heavy (non-hydrogen) atoms. The van der Waals surface area contributed by atoms with Gasteiger partial charge in [-0.25, -0.2) is 0 Å². The van der Waals surface area contributed by atoms with Crippen LogP contribution in [-0.4, -0.2) is 18.1 Å². The van der Waals surface area contributed by atoms with Gasteiger partial charge in [-0.05, 0) is 20.3 Å². The fraction of sp³-hybridized carbons (Fsp3) is 0.900. The Morgan fingerprint density at radius 1 is 1.46 bits per heavy atom. The van der Waals surface area contributed by atoms with Crippen LogP contribution in [0.25, 0.3) is 0 Å². The van der Waals surface area contributed by atoms with Crippen molar-refractivity contribution in [3.8, 4) is 0 Å². The Kier molecular flexibility index (Phi) is 5.71. The second-order valence-electron chi connectivity index (χ2n) is 3.74. The maximum absolute atomic E-state index is 11.1. The highest BCUT2D eigenvalue weighted by Gasteiger charge is 2.22. The molecule has 0 aromatic heterocycles. The van der Waals surface area contributed by atoms with Crippen LogP contribution in [0, 0.1) is 0 Å². The van der Waals surface area contributed by atoms with Crippen LogP contribution < -0.4 is 5.73 Å². The van der Waals surface area contributed by atoms with Crippen LogP contribution >= 0.6 is 0 Å². The number of unbranched alkanes of at least 4 members (excludes halogenated alkanes) is 1. The molecule has 0 heterocycles. The molecule has 0 aromatic rings. The quantitative estimate of drug-likeness (QED) is 0.646. The SMILES string of the molecule is CCCCC(C)(N)CC(=O)OCC. The molecule has 0 saturated heterocycles. The van der Waals surface area contributed by atoms with Crippen molar-refractivity contribution in [1.82, 2.24) is 0 Å². The van der Waals surface area contributed by atoms with Crippen LogP contribution in [0.3, 0.4) is 0 Å². The Balaban J connectivity index is 3.79. The van der Waals surface area contributed by atoms with Crippen LogP contribution in [0.15, 0.2) is 0 Å². The molecule has 0 aliphatic heterocycles. The maximum atomic E-state index is 11.1. The van der Waals surface area contributed by atoms with Crippen molar-refractivity contribution in [1.29, 1.82) is 0 Å². The predicted octanol–water partition coefficient (Wildman–Crippen LogP) is 1.85. The van der Waals surface area contributed by atoms with Crippen LogP contribution in [0.5, 0.6) is 0 Å². The summed E-state index contributed by atoms with van der Waals surface area (Å²) in [4.78, 5) is 11.1. The normalized spacial score (nSPS) is 15.1. The number of carbonyl (C=O) groups is 1. The standard InChI is InChI=1S/C10H21NO2/c1-4-6-7-10(3,11)8-9(12)13-5-2/h4-8,11H2,1-3H3. The van der Waals surface area contributed by atoms with Crippen molar-refractivity contribution in [2.45, 2.75) is 52.0 Å². The van der Waals surface area contributed by atoms with Crippen molar-refractivity contribution in [2.24, 2.45) is 5.73 Å². The molecule has 0 rings (SSSR count). The lowest BCUT2D eigenvalue weighted by atomic mass is 9.93. The molecule has 1 atom stereocenters. The molecule has 78 valence electrons. The zero-order valence-electron chi connectivity index (χ0n) is 8.93. The van der Waals surface area contributed by atoms with Gasteiger partial charge in [0.15, 0.2) is 0 Å². The van der Waals surface area contributed by atoms with E-state index >= 15 is 0 Å². The molecule has 2 N–H and O–H groups in total. The van der Waals surface area contributed by atoms with Gasteiger partial charge in [0.1, 0.15) is 0 Å². The molecule has 3 nitrogen and oxygen atoms in total. The van der Waals surface area contributed by atoms with Gasteiger partial charge in [0, 0.05) is 5.54 Å². The van der Waals surface area contributed by atoms with Gasteiger partial charge in [-0.1, -0.05) is 19.8 Å². The van der Waals surface area contributed by atoms with Crippen molar-refractivity contribution < 1.29 is 9.53 Å². The Morgan fingerprint density at radius 2 is 2.08 bits per heavy atom. The van der Waals surface area contributed by atoms with E-state index in [9.17, 15) is 4.79 Å². The number of esters is 1. The third-order valence-electron chi connectivity index (χ3n) is 1.95. The van der Waals surface area contributed by atoms with E-state index in [1.165, 1.54) is 0 Å². The highest BCUT2D eigenvalue weighted by Crippen LogP contribution is 2.15. The Labute approximate surface area is 80.6 Å². The minimum absolute atomic E-state index is 0.191. The summed E-state index contributed by atoms with van der Waals surface area (Å²) in [6.07, 6.45) is 3.37. The maximum Gasteiger partial charge on any atom is 0.307 e. The average molecular weight is 187 g/mol. The summed E-state index contributed by atoms with van der Waals surface area (Å²) < 4.78 is 4.84. The number of hydrogen-bond acceptors (Lipinski definition) is 3. The molecule has 3 heteroatoms. The van der Waals surface area contributed by atoms with E-state index in [0.717, 1.165) is 19.3 Å². The number of rotatable bonds is 6. The summed E-state index contributed by atoms with van der Waals surface area (Å²) >= 11 is 0. The van der Waals surface area contributed by atoms with E-state index < -0.39 is 5.54 Å². The first-order valence-electron chi connectivity index (χ1n) is 4.96. The van der Waals surface area contributed by atoms with Crippen LogP contribution in [0.4, 0.5) is 0 Å². The largest absolute Gasteiger partial charge is 0.466 e. The summed E-state index contributed by atoms with van der Waals surface area (Å²) in [7, 11) is 0. The summed E-state index contributed by atoms with van der Waals surface area (Å²) in [5.74, 6) is -0.191. The van der Waals surface area contributed by atoms with Crippen molar-refractivity contribution in [3.63, 3.8) is 0 Å². The molecule has 0 amide bonds. The number of hydrogen-bond donors (Lipinski definition) is 1. The zero-order valence-corrected chi connectivity index (χ0v) is 8.93. The lowest BCUT2D eigenvalue weighted by molar-refractivity contribution is -0.144.